The summed E-state index contributed by atoms with van der Waals surface area (Å²) in [4.78, 5) is 26.3. The third-order valence-electron chi connectivity index (χ3n) is 11.8. The number of hydrogen-bond donors (Lipinski definition) is 6. The van der Waals surface area contributed by atoms with Crippen LogP contribution in [0.2, 0.25) is 0 Å². The molecule has 374 valence electrons. The number of nitrogens with one attached hydrogen (secondary N) is 1. The van der Waals surface area contributed by atoms with Gasteiger partial charge in [-0.25, -0.2) is 0 Å². The summed E-state index contributed by atoms with van der Waals surface area (Å²) >= 11 is 0. The quantitative estimate of drug-likeness (QED) is 0.0150. The third-order valence-corrected chi connectivity index (χ3v) is 11.8. The summed E-state index contributed by atoms with van der Waals surface area (Å²) in [5, 5.41) is 56.5. The molecule has 8 atom stereocenters. The van der Waals surface area contributed by atoms with Crippen molar-refractivity contribution in [3.63, 3.8) is 0 Å². The van der Waals surface area contributed by atoms with Gasteiger partial charge in [0.05, 0.1) is 25.4 Å². The van der Waals surface area contributed by atoms with Crippen LogP contribution in [-0.2, 0) is 23.8 Å². The molecule has 1 aliphatic rings. The highest BCUT2D eigenvalue weighted by Crippen LogP contribution is 2.26. The Morgan fingerprint density at radius 3 is 1.66 bits per heavy atom. The van der Waals surface area contributed by atoms with E-state index in [0.29, 0.717) is 12.8 Å². The molecule has 1 heterocycles. The van der Waals surface area contributed by atoms with Crippen LogP contribution >= 0.6 is 0 Å². The van der Waals surface area contributed by atoms with Crippen LogP contribution in [0, 0.1) is 0 Å². The summed E-state index contributed by atoms with van der Waals surface area (Å²) in [6.07, 6.45) is 41.0. The third kappa shape index (κ3) is 31.7. The Kier molecular flexibility index (Phi) is 39.3. The Labute approximate surface area is 394 Å². The van der Waals surface area contributed by atoms with Crippen LogP contribution < -0.4 is 5.32 Å². The van der Waals surface area contributed by atoms with E-state index in [2.05, 4.69) is 32.2 Å². The first-order valence-electron chi connectivity index (χ1n) is 25.8. The molecule has 1 aliphatic heterocycles. The predicted molar refractivity (Wildman–Crippen MR) is 264 cm³/mol. The van der Waals surface area contributed by atoms with Crippen molar-refractivity contribution in [3.05, 3.63) is 72.9 Å². The topological polar surface area (TPSA) is 175 Å². The standard InChI is InChI=1S/C54H93NO10/c1-4-7-10-13-16-19-22-23-24-27-29-32-35-38-41-47(58)53(62)55-45(46(57)40-37-34-31-28-25-20-17-14-11-8-5-2)44-63-54-52(51(61)50(60)48(43-56)64-54)65-49(59)42-39-36-33-30-26-21-18-15-12-9-6-3/h7,10,13,16,19,22-24,27,29,37,40,45-48,50-52,54,56-58,60-61H,4-6,8-9,11-12,14-15,17-18,20-21,25-26,28,30-36,38-39,41-44H2,1-3H3,(H,55,62)/b10-7+,16-13+,22-19-,24-23-,29-27+,40-37+. The summed E-state index contributed by atoms with van der Waals surface area (Å²) in [5.74, 6) is -1.25. The Morgan fingerprint density at radius 1 is 0.615 bits per heavy atom. The zero-order chi connectivity index (χ0) is 47.6. The monoisotopic (exact) mass is 916 g/mol. The summed E-state index contributed by atoms with van der Waals surface area (Å²) in [7, 11) is 0. The Hall–Kier alpha value is -2.90. The van der Waals surface area contributed by atoms with Crippen molar-refractivity contribution in [3.8, 4) is 0 Å². The number of aliphatic hydroxyl groups is 5. The van der Waals surface area contributed by atoms with Gasteiger partial charge in [-0.15, -0.1) is 0 Å². The van der Waals surface area contributed by atoms with Crippen molar-refractivity contribution in [2.45, 2.75) is 243 Å². The maximum Gasteiger partial charge on any atom is 0.306 e. The first-order chi connectivity index (χ1) is 31.7. The molecule has 0 aromatic heterocycles. The highest BCUT2D eigenvalue weighted by Gasteiger charge is 2.47. The van der Waals surface area contributed by atoms with Gasteiger partial charge in [-0.3, -0.25) is 9.59 Å². The van der Waals surface area contributed by atoms with E-state index in [0.717, 1.165) is 64.2 Å². The average molecular weight is 916 g/mol. The van der Waals surface area contributed by atoms with Crippen molar-refractivity contribution in [2.75, 3.05) is 13.2 Å². The molecule has 11 heteroatoms. The predicted octanol–water partition coefficient (Wildman–Crippen LogP) is 10.5. The van der Waals surface area contributed by atoms with E-state index in [-0.39, 0.29) is 19.4 Å². The molecule has 1 fully saturated rings. The number of rotatable bonds is 41. The molecule has 6 N–H and O–H groups in total. The van der Waals surface area contributed by atoms with Crippen molar-refractivity contribution >= 4 is 11.9 Å². The largest absolute Gasteiger partial charge is 0.454 e. The number of aliphatic hydroxyl groups excluding tert-OH is 5. The lowest BCUT2D eigenvalue weighted by molar-refractivity contribution is -0.305. The maximum absolute atomic E-state index is 13.3. The highest BCUT2D eigenvalue weighted by atomic mass is 16.7. The molecule has 1 rings (SSSR count). The molecule has 0 aliphatic carbocycles. The van der Waals surface area contributed by atoms with Crippen LogP contribution in [0.1, 0.15) is 194 Å². The van der Waals surface area contributed by atoms with Crippen molar-refractivity contribution < 1.29 is 49.3 Å². The minimum Gasteiger partial charge on any atom is -0.454 e. The molecule has 0 bridgehead atoms. The van der Waals surface area contributed by atoms with Crippen LogP contribution in [0.3, 0.4) is 0 Å². The summed E-state index contributed by atoms with van der Waals surface area (Å²) < 4.78 is 17.5. The first-order valence-corrected chi connectivity index (χ1v) is 25.8. The van der Waals surface area contributed by atoms with Gasteiger partial charge in [0.1, 0.15) is 24.4 Å². The molecule has 1 saturated heterocycles. The minimum absolute atomic E-state index is 0.117. The lowest BCUT2D eigenvalue weighted by Crippen LogP contribution is -2.61. The number of amides is 1. The van der Waals surface area contributed by atoms with Gasteiger partial charge in [-0.2, -0.15) is 0 Å². The Bertz CT molecular complexity index is 1330. The van der Waals surface area contributed by atoms with Crippen molar-refractivity contribution in [1.29, 1.82) is 0 Å². The van der Waals surface area contributed by atoms with Crippen molar-refractivity contribution in [2.24, 2.45) is 0 Å². The minimum atomic E-state index is -1.62. The van der Waals surface area contributed by atoms with Gasteiger partial charge in [-0.1, -0.05) is 216 Å². The lowest BCUT2D eigenvalue weighted by Gasteiger charge is -2.41. The van der Waals surface area contributed by atoms with Crippen molar-refractivity contribution in [1.82, 2.24) is 5.32 Å². The first kappa shape index (κ1) is 60.1. The Balaban J connectivity index is 2.83. The molecule has 11 nitrogen and oxygen atoms in total. The molecule has 65 heavy (non-hydrogen) atoms. The van der Waals surface area contributed by atoms with Gasteiger partial charge >= 0.3 is 5.97 Å². The average Bonchev–Trinajstić information content (AvgIpc) is 3.30. The molecule has 0 saturated carbocycles. The number of unbranched alkanes of at least 4 members (excludes halogenated alkanes) is 21. The summed E-state index contributed by atoms with van der Waals surface area (Å²) in [5.41, 5.74) is 0. The van der Waals surface area contributed by atoms with Gasteiger partial charge < -0.3 is 45.1 Å². The van der Waals surface area contributed by atoms with Crippen LogP contribution in [0.25, 0.3) is 0 Å². The van der Waals surface area contributed by atoms with E-state index in [4.69, 9.17) is 14.2 Å². The van der Waals surface area contributed by atoms with Gasteiger partial charge in [0.15, 0.2) is 12.4 Å². The van der Waals surface area contributed by atoms with E-state index in [1.54, 1.807) is 6.08 Å². The number of esters is 1. The van der Waals surface area contributed by atoms with E-state index in [1.165, 1.54) is 83.5 Å². The van der Waals surface area contributed by atoms with Gasteiger partial charge in [0.25, 0.3) is 0 Å². The van der Waals surface area contributed by atoms with Gasteiger partial charge in [0, 0.05) is 6.42 Å². The molecule has 0 aromatic rings. The SMILES string of the molecule is CC/C=C/C=C/C=C\C=C/C=C/CCCCC(O)C(=O)NC(COC1OC(CO)C(O)C(O)C1OC(=O)CCCCCCCCCCCCC)C(O)/C=C/CCCCCCCCCCC. The van der Waals surface area contributed by atoms with Crippen LogP contribution in [0.5, 0.6) is 0 Å². The second kappa shape index (κ2) is 42.5. The normalized spacial score (nSPS) is 20.9. The molecular weight excluding hydrogens is 823 g/mol. The number of allylic oxidation sites excluding steroid dienone is 11. The van der Waals surface area contributed by atoms with Gasteiger partial charge in [0.2, 0.25) is 5.91 Å². The van der Waals surface area contributed by atoms with Gasteiger partial charge in [-0.05, 0) is 44.9 Å². The number of carbonyl (C=O) groups excluding carboxylic acids is 2. The Morgan fingerprint density at radius 2 is 1.11 bits per heavy atom. The van der Waals surface area contributed by atoms with E-state index < -0.39 is 67.4 Å². The second-order valence-electron chi connectivity index (χ2n) is 17.7. The fourth-order valence-electron chi connectivity index (χ4n) is 7.61. The summed E-state index contributed by atoms with van der Waals surface area (Å²) in [6.45, 7) is 5.55. The van der Waals surface area contributed by atoms with E-state index >= 15 is 0 Å². The zero-order valence-electron chi connectivity index (χ0n) is 40.8. The number of carbonyl (C=O) groups is 2. The molecule has 8 unspecified atom stereocenters. The van der Waals surface area contributed by atoms with E-state index in [9.17, 15) is 35.1 Å². The number of ether oxygens (including phenoxy) is 3. The fourth-order valence-corrected chi connectivity index (χ4v) is 7.61. The fraction of sp³-hybridized carbons (Fsp3) is 0.741. The number of hydrogen-bond acceptors (Lipinski definition) is 10. The lowest BCUT2D eigenvalue weighted by atomic mass is 9.99. The van der Waals surface area contributed by atoms with Crippen LogP contribution in [-0.4, -0.2) is 99.6 Å². The molecule has 0 spiro atoms. The van der Waals surface area contributed by atoms with E-state index in [1.807, 2.05) is 60.8 Å². The highest BCUT2D eigenvalue weighted by molar-refractivity contribution is 5.80. The maximum atomic E-state index is 13.3. The van der Waals surface area contributed by atoms with Crippen LogP contribution in [0.4, 0.5) is 0 Å². The zero-order valence-corrected chi connectivity index (χ0v) is 40.8. The smallest absolute Gasteiger partial charge is 0.306 e. The molecule has 0 radical (unpaired) electrons. The molecule has 0 aromatic carbocycles. The second-order valence-corrected chi connectivity index (χ2v) is 17.7. The van der Waals surface area contributed by atoms with Crippen LogP contribution in [0.15, 0.2) is 72.9 Å². The summed E-state index contributed by atoms with van der Waals surface area (Å²) in [6, 6.07) is -1.04. The molecular formula is C54H93NO10. The molecule has 1 amide bonds.